The van der Waals surface area contributed by atoms with E-state index in [4.69, 9.17) is 4.74 Å². The van der Waals surface area contributed by atoms with Crippen molar-refractivity contribution in [2.24, 2.45) is 0 Å². The number of amides is 1. The summed E-state index contributed by atoms with van der Waals surface area (Å²) in [5, 5.41) is 2.85. The number of nitrogens with zero attached hydrogens (tertiary/aromatic N) is 2. The van der Waals surface area contributed by atoms with Gasteiger partial charge in [-0.25, -0.2) is 4.98 Å². The Morgan fingerprint density at radius 2 is 2.08 bits per heavy atom. The first kappa shape index (κ1) is 16.1. The fraction of sp³-hybridized carbons (Fsp3) is 0.263. The molecule has 0 saturated heterocycles. The van der Waals surface area contributed by atoms with Crippen LogP contribution in [0.5, 0.6) is 5.75 Å². The van der Waals surface area contributed by atoms with E-state index < -0.39 is 0 Å². The number of hydrogen-bond acceptors (Lipinski definition) is 3. The van der Waals surface area contributed by atoms with Gasteiger partial charge in [0, 0.05) is 16.9 Å². The van der Waals surface area contributed by atoms with E-state index in [1.165, 1.54) is 17.5 Å². The smallest absolute Gasteiger partial charge is 0.258 e. The van der Waals surface area contributed by atoms with Gasteiger partial charge in [0.15, 0.2) is 6.61 Å². The fourth-order valence-electron chi connectivity index (χ4n) is 3.13. The average Bonchev–Trinajstić information content (AvgIpc) is 3.23. The molecule has 1 amide bonds. The number of imidazole rings is 1. The van der Waals surface area contributed by atoms with Gasteiger partial charge < -0.3 is 14.5 Å². The molecule has 1 aliphatic carbocycles. The van der Waals surface area contributed by atoms with Crippen molar-refractivity contribution in [3.05, 3.63) is 64.0 Å². The van der Waals surface area contributed by atoms with Crippen LogP contribution in [0.25, 0.3) is 5.65 Å². The lowest BCUT2D eigenvalue weighted by Crippen LogP contribution is -2.28. The molecule has 25 heavy (non-hydrogen) atoms. The number of carbonyl (C=O) groups excluding carboxylic acids is 1. The highest BCUT2D eigenvalue weighted by atomic mass is 79.9. The maximum absolute atomic E-state index is 12.0. The van der Waals surface area contributed by atoms with Crippen LogP contribution >= 0.6 is 15.9 Å². The summed E-state index contributed by atoms with van der Waals surface area (Å²) in [4.78, 5) is 16.5. The quantitative estimate of drug-likeness (QED) is 0.715. The third-order valence-corrected chi connectivity index (χ3v) is 4.84. The molecule has 0 bridgehead atoms. The van der Waals surface area contributed by atoms with Crippen molar-refractivity contribution in [1.29, 1.82) is 0 Å². The first-order valence-electron chi connectivity index (χ1n) is 8.32. The van der Waals surface area contributed by atoms with Crippen molar-refractivity contribution in [3.63, 3.8) is 0 Å². The van der Waals surface area contributed by atoms with Crippen molar-refractivity contribution in [2.75, 3.05) is 6.61 Å². The SMILES string of the molecule is O=C(COc1ccc2c(c1)CCC2)NCc1cn2cc(Br)ccc2n1. The third kappa shape index (κ3) is 3.69. The van der Waals surface area contributed by atoms with Gasteiger partial charge in [-0.15, -0.1) is 0 Å². The summed E-state index contributed by atoms with van der Waals surface area (Å²) >= 11 is 3.43. The van der Waals surface area contributed by atoms with Crippen LogP contribution in [0.1, 0.15) is 23.2 Å². The summed E-state index contributed by atoms with van der Waals surface area (Å²) in [5.74, 6) is 0.604. The zero-order chi connectivity index (χ0) is 17.2. The first-order valence-corrected chi connectivity index (χ1v) is 9.11. The molecular weight excluding hydrogens is 382 g/mol. The fourth-order valence-corrected chi connectivity index (χ4v) is 3.48. The number of rotatable bonds is 5. The molecular formula is C19H18BrN3O2. The minimum atomic E-state index is -0.154. The number of halogens is 1. The Balaban J connectivity index is 1.31. The number of benzene rings is 1. The molecule has 0 atom stereocenters. The van der Waals surface area contributed by atoms with Gasteiger partial charge in [-0.3, -0.25) is 4.79 Å². The summed E-state index contributed by atoms with van der Waals surface area (Å²) in [5.41, 5.74) is 4.40. The number of nitrogens with one attached hydrogen (secondary N) is 1. The van der Waals surface area contributed by atoms with Crippen LogP contribution in [0.15, 0.2) is 47.2 Å². The summed E-state index contributed by atoms with van der Waals surface area (Å²) < 4.78 is 8.52. The van der Waals surface area contributed by atoms with Crippen LogP contribution in [0.4, 0.5) is 0 Å². The lowest BCUT2D eigenvalue weighted by molar-refractivity contribution is -0.123. The van der Waals surface area contributed by atoms with Gasteiger partial charge in [-0.2, -0.15) is 0 Å². The summed E-state index contributed by atoms with van der Waals surface area (Å²) in [6.45, 7) is 0.392. The van der Waals surface area contributed by atoms with Crippen molar-refractivity contribution in [2.45, 2.75) is 25.8 Å². The largest absolute Gasteiger partial charge is 0.484 e. The van der Waals surface area contributed by atoms with Crippen LogP contribution in [0.3, 0.4) is 0 Å². The van der Waals surface area contributed by atoms with E-state index in [0.29, 0.717) is 6.54 Å². The third-order valence-electron chi connectivity index (χ3n) is 4.37. The Kier molecular flexibility index (Phi) is 4.44. The molecule has 6 heteroatoms. The number of fused-ring (bicyclic) bond motifs is 2. The highest BCUT2D eigenvalue weighted by Gasteiger charge is 2.12. The molecule has 1 N–H and O–H groups in total. The zero-order valence-corrected chi connectivity index (χ0v) is 15.3. The van der Waals surface area contributed by atoms with Gasteiger partial charge >= 0.3 is 0 Å². The number of ether oxygens (including phenoxy) is 1. The van der Waals surface area contributed by atoms with E-state index in [-0.39, 0.29) is 12.5 Å². The second-order valence-corrected chi connectivity index (χ2v) is 7.11. The van der Waals surface area contributed by atoms with Gasteiger partial charge in [0.2, 0.25) is 0 Å². The van der Waals surface area contributed by atoms with Gasteiger partial charge in [-0.05, 0) is 70.6 Å². The lowest BCUT2D eigenvalue weighted by Gasteiger charge is -2.08. The van der Waals surface area contributed by atoms with Gasteiger partial charge in [0.1, 0.15) is 11.4 Å². The normalized spacial score (nSPS) is 13.0. The molecule has 0 radical (unpaired) electrons. The standard InChI is InChI=1S/C19H18BrN3O2/c20-15-5-7-18-22-16(11-23(18)10-15)9-21-19(24)12-25-17-6-4-13-2-1-3-14(13)8-17/h4-8,10-11H,1-3,9,12H2,(H,21,24). The van der Waals surface area contributed by atoms with E-state index in [1.54, 1.807) is 0 Å². The Bertz CT molecular complexity index is 936. The molecule has 0 aliphatic heterocycles. The molecule has 128 valence electrons. The predicted molar refractivity (Wildman–Crippen MR) is 98.7 cm³/mol. The predicted octanol–water partition coefficient (Wildman–Crippen LogP) is 3.28. The van der Waals surface area contributed by atoms with Crippen molar-refractivity contribution in [3.8, 4) is 5.75 Å². The van der Waals surface area contributed by atoms with Crippen LogP contribution in [-0.4, -0.2) is 21.9 Å². The number of aromatic nitrogens is 2. The number of pyridine rings is 1. The Morgan fingerprint density at radius 1 is 1.20 bits per heavy atom. The highest BCUT2D eigenvalue weighted by molar-refractivity contribution is 9.10. The lowest BCUT2D eigenvalue weighted by atomic mass is 10.1. The maximum Gasteiger partial charge on any atom is 0.258 e. The van der Waals surface area contributed by atoms with E-state index >= 15 is 0 Å². The first-order chi connectivity index (χ1) is 12.2. The molecule has 5 nitrogen and oxygen atoms in total. The van der Waals surface area contributed by atoms with Crippen molar-refractivity contribution >= 4 is 27.5 Å². The molecule has 1 aromatic carbocycles. The van der Waals surface area contributed by atoms with E-state index in [2.05, 4.69) is 38.4 Å². The highest BCUT2D eigenvalue weighted by Crippen LogP contribution is 2.25. The Morgan fingerprint density at radius 3 is 3.00 bits per heavy atom. The van der Waals surface area contributed by atoms with Gasteiger partial charge in [0.05, 0.1) is 12.2 Å². The second kappa shape index (κ2) is 6.88. The molecule has 0 fully saturated rings. The summed E-state index contributed by atoms with van der Waals surface area (Å²) in [7, 11) is 0. The molecule has 4 rings (SSSR count). The van der Waals surface area contributed by atoms with E-state index in [0.717, 1.165) is 34.4 Å². The minimum absolute atomic E-state index is 0.0116. The number of aryl methyl sites for hydroxylation is 2. The monoisotopic (exact) mass is 399 g/mol. The summed E-state index contributed by atoms with van der Waals surface area (Å²) in [6, 6.07) is 9.96. The maximum atomic E-state index is 12.0. The van der Waals surface area contributed by atoms with Crippen LogP contribution in [0.2, 0.25) is 0 Å². The average molecular weight is 400 g/mol. The zero-order valence-electron chi connectivity index (χ0n) is 13.7. The van der Waals surface area contributed by atoms with Crippen LogP contribution < -0.4 is 10.1 Å². The molecule has 0 spiro atoms. The van der Waals surface area contributed by atoms with Crippen LogP contribution in [0, 0.1) is 0 Å². The van der Waals surface area contributed by atoms with Crippen LogP contribution in [-0.2, 0) is 24.2 Å². The second-order valence-electron chi connectivity index (χ2n) is 6.19. The molecule has 3 aromatic rings. The number of hydrogen-bond donors (Lipinski definition) is 1. The van der Waals surface area contributed by atoms with Gasteiger partial charge in [-0.1, -0.05) is 6.07 Å². The molecule has 2 aromatic heterocycles. The molecule has 0 unspecified atom stereocenters. The molecule has 1 aliphatic rings. The van der Waals surface area contributed by atoms with Crippen molar-refractivity contribution in [1.82, 2.24) is 14.7 Å². The van der Waals surface area contributed by atoms with Gasteiger partial charge in [0.25, 0.3) is 5.91 Å². The minimum Gasteiger partial charge on any atom is -0.484 e. The van der Waals surface area contributed by atoms with E-state index in [1.807, 2.05) is 35.0 Å². The van der Waals surface area contributed by atoms with E-state index in [9.17, 15) is 4.79 Å². The topological polar surface area (TPSA) is 55.6 Å². The summed E-state index contributed by atoms with van der Waals surface area (Å²) in [6.07, 6.45) is 7.29. The number of carbonyl (C=O) groups is 1. The molecule has 2 heterocycles. The Hall–Kier alpha value is -2.34. The molecule has 0 saturated carbocycles. The van der Waals surface area contributed by atoms with Crippen molar-refractivity contribution < 1.29 is 9.53 Å². The Labute approximate surface area is 154 Å².